The molecule has 5 nitrogen and oxygen atoms in total. The zero-order valence-corrected chi connectivity index (χ0v) is 12.1. The van der Waals surface area contributed by atoms with E-state index in [2.05, 4.69) is 0 Å². The lowest BCUT2D eigenvalue weighted by molar-refractivity contribution is -0.153. The molecule has 0 aromatic heterocycles. The first-order chi connectivity index (χ1) is 8.76. The Morgan fingerprint density at radius 1 is 1.16 bits per heavy atom. The van der Waals surface area contributed by atoms with Gasteiger partial charge in [-0.05, 0) is 33.1 Å². The van der Waals surface area contributed by atoms with Crippen LogP contribution in [0.15, 0.2) is 12.2 Å². The van der Waals surface area contributed by atoms with Crippen LogP contribution in [0.5, 0.6) is 0 Å². The van der Waals surface area contributed by atoms with Crippen molar-refractivity contribution >= 4 is 0 Å². The normalized spacial score (nSPS) is 31.5. The van der Waals surface area contributed by atoms with Gasteiger partial charge in [0.2, 0.25) is 0 Å². The second-order valence-electron chi connectivity index (χ2n) is 5.63. The molecule has 0 aromatic carbocycles. The fourth-order valence-corrected chi connectivity index (χ4v) is 2.06. The lowest BCUT2D eigenvalue weighted by Crippen LogP contribution is -2.34. The summed E-state index contributed by atoms with van der Waals surface area (Å²) in [4.78, 5) is 0. The Labute approximate surface area is 114 Å². The fourth-order valence-electron chi connectivity index (χ4n) is 2.06. The zero-order chi connectivity index (χ0) is 14.6. The van der Waals surface area contributed by atoms with Crippen molar-refractivity contribution in [2.45, 2.75) is 64.3 Å². The molecule has 0 unspecified atom stereocenters. The molecule has 1 aliphatic rings. The van der Waals surface area contributed by atoms with Crippen LogP contribution in [0.1, 0.15) is 34.1 Å². The van der Waals surface area contributed by atoms with Crippen molar-refractivity contribution in [3.8, 4) is 0 Å². The van der Waals surface area contributed by atoms with Gasteiger partial charge in [0.15, 0.2) is 5.79 Å². The maximum atomic E-state index is 10.2. The van der Waals surface area contributed by atoms with Gasteiger partial charge in [0, 0.05) is 6.61 Å². The Bertz CT molecular complexity index is 300. The van der Waals surface area contributed by atoms with E-state index in [4.69, 9.17) is 14.6 Å². The molecule has 1 rings (SSSR count). The monoisotopic (exact) mass is 274 g/mol. The summed E-state index contributed by atoms with van der Waals surface area (Å²) in [7, 11) is 0. The smallest absolute Gasteiger partial charge is 0.163 e. The largest absolute Gasteiger partial charge is 0.396 e. The summed E-state index contributed by atoms with van der Waals surface area (Å²) in [5.41, 5.74) is 0. The molecule has 112 valence electrons. The standard InChI is InChI=1S/C14H26O5/c1-9(10(2)16)5-6-11(17)13-12(7-8-15)18-14(3,4)19-13/h5-6,9-13,15-17H,7-8H2,1-4H3/b6-5-/t9-,10+,11-,12+,13-/m1/s1. The van der Waals surface area contributed by atoms with Gasteiger partial charge in [-0.3, -0.25) is 0 Å². The van der Waals surface area contributed by atoms with Crippen molar-refractivity contribution in [2.24, 2.45) is 5.92 Å². The van der Waals surface area contributed by atoms with Crippen molar-refractivity contribution in [3.05, 3.63) is 12.2 Å². The Morgan fingerprint density at radius 3 is 2.32 bits per heavy atom. The summed E-state index contributed by atoms with van der Waals surface area (Å²) < 4.78 is 11.3. The number of aliphatic hydroxyl groups is 3. The molecule has 0 aromatic rings. The average Bonchev–Trinajstić information content (AvgIpc) is 2.61. The van der Waals surface area contributed by atoms with Gasteiger partial charge >= 0.3 is 0 Å². The van der Waals surface area contributed by atoms with E-state index in [9.17, 15) is 10.2 Å². The van der Waals surface area contributed by atoms with Crippen LogP contribution < -0.4 is 0 Å². The first kappa shape index (κ1) is 16.6. The van der Waals surface area contributed by atoms with Crippen LogP contribution in [-0.4, -0.2) is 52.1 Å². The molecule has 5 atom stereocenters. The highest BCUT2D eigenvalue weighted by Crippen LogP contribution is 2.32. The van der Waals surface area contributed by atoms with E-state index < -0.39 is 24.1 Å². The van der Waals surface area contributed by atoms with E-state index in [0.717, 1.165) is 0 Å². The Morgan fingerprint density at radius 2 is 1.79 bits per heavy atom. The molecule has 19 heavy (non-hydrogen) atoms. The molecular weight excluding hydrogens is 248 g/mol. The van der Waals surface area contributed by atoms with Crippen LogP contribution in [-0.2, 0) is 9.47 Å². The number of ether oxygens (including phenoxy) is 2. The molecular formula is C14H26O5. The van der Waals surface area contributed by atoms with Gasteiger partial charge in [-0.1, -0.05) is 19.1 Å². The molecule has 5 heteroatoms. The van der Waals surface area contributed by atoms with E-state index in [-0.39, 0.29) is 18.6 Å². The highest BCUT2D eigenvalue weighted by atomic mass is 16.8. The quantitative estimate of drug-likeness (QED) is 0.625. The molecule has 0 saturated carbocycles. The zero-order valence-electron chi connectivity index (χ0n) is 12.1. The van der Waals surface area contributed by atoms with Crippen LogP contribution in [0.4, 0.5) is 0 Å². The number of rotatable bonds is 6. The lowest BCUT2D eigenvalue weighted by atomic mass is 10.0. The van der Waals surface area contributed by atoms with Crippen LogP contribution in [0.25, 0.3) is 0 Å². The number of hydrogen-bond donors (Lipinski definition) is 3. The average molecular weight is 274 g/mol. The summed E-state index contributed by atoms with van der Waals surface area (Å²) in [5.74, 6) is -0.795. The molecule has 1 heterocycles. The molecule has 0 aliphatic carbocycles. The molecule has 1 fully saturated rings. The Hall–Kier alpha value is -0.460. The van der Waals surface area contributed by atoms with Crippen molar-refractivity contribution in [2.75, 3.05) is 6.61 Å². The maximum Gasteiger partial charge on any atom is 0.163 e. The van der Waals surface area contributed by atoms with Crippen molar-refractivity contribution in [1.29, 1.82) is 0 Å². The van der Waals surface area contributed by atoms with Crippen LogP contribution in [0.2, 0.25) is 0 Å². The minimum Gasteiger partial charge on any atom is -0.396 e. The topological polar surface area (TPSA) is 79.2 Å². The highest BCUT2D eigenvalue weighted by Gasteiger charge is 2.43. The minimum atomic E-state index is -0.820. The first-order valence-electron chi connectivity index (χ1n) is 6.78. The van der Waals surface area contributed by atoms with Crippen LogP contribution >= 0.6 is 0 Å². The molecule has 1 saturated heterocycles. The van der Waals surface area contributed by atoms with Crippen molar-refractivity contribution in [3.63, 3.8) is 0 Å². The van der Waals surface area contributed by atoms with Crippen LogP contribution in [0, 0.1) is 5.92 Å². The van der Waals surface area contributed by atoms with Gasteiger partial charge in [0.25, 0.3) is 0 Å². The summed E-state index contributed by atoms with van der Waals surface area (Å²) >= 11 is 0. The second-order valence-corrected chi connectivity index (χ2v) is 5.63. The van der Waals surface area contributed by atoms with Gasteiger partial charge in [-0.25, -0.2) is 0 Å². The van der Waals surface area contributed by atoms with Gasteiger partial charge in [0.1, 0.15) is 12.2 Å². The SMILES string of the molecule is C[C@H](O)[C@H](C)/C=C\[C@@H](O)[C@H]1OC(C)(C)O[C@H]1CCO. The lowest BCUT2D eigenvalue weighted by Gasteiger charge is -2.20. The highest BCUT2D eigenvalue weighted by molar-refractivity contribution is 5.00. The first-order valence-corrected chi connectivity index (χ1v) is 6.78. The van der Waals surface area contributed by atoms with E-state index in [1.807, 2.05) is 6.92 Å². The van der Waals surface area contributed by atoms with E-state index in [1.54, 1.807) is 32.9 Å². The second kappa shape index (κ2) is 6.81. The van der Waals surface area contributed by atoms with Crippen molar-refractivity contribution < 1.29 is 24.8 Å². The summed E-state index contributed by atoms with van der Waals surface area (Å²) in [6.45, 7) is 7.13. The third-order valence-electron chi connectivity index (χ3n) is 3.34. The molecule has 0 bridgehead atoms. The maximum absolute atomic E-state index is 10.2. The molecule has 1 aliphatic heterocycles. The predicted octanol–water partition coefficient (Wildman–Crippen LogP) is 0.823. The van der Waals surface area contributed by atoms with Crippen LogP contribution in [0.3, 0.4) is 0 Å². The van der Waals surface area contributed by atoms with Gasteiger partial charge in [0.05, 0.1) is 12.2 Å². The van der Waals surface area contributed by atoms with Gasteiger partial charge in [-0.2, -0.15) is 0 Å². The third-order valence-corrected chi connectivity index (χ3v) is 3.34. The molecule has 3 N–H and O–H groups in total. The molecule has 0 amide bonds. The van der Waals surface area contributed by atoms with Gasteiger partial charge in [-0.15, -0.1) is 0 Å². The fraction of sp³-hybridized carbons (Fsp3) is 0.857. The minimum absolute atomic E-state index is 0.0128. The van der Waals surface area contributed by atoms with E-state index in [0.29, 0.717) is 6.42 Å². The predicted molar refractivity (Wildman–Crippen MR) is 71.5 cm³/mol. The van der Waals surface area contributed by atoms with Crippen molar-refractivity contribution in [1.82, 2.24) is 0 Å². The molecule has 0 radical (unpaired) electrons. The summed E-state index contributed by atoms with van der Waals surface area (Å²) in [6, 6.07) is 0. The third kappa shape index (κ3) is 4.85. The van der Waals surface area contributed by atoms with E-state index in [1.165, 1.54) is 0 Å². The summed E-state index contributed by atoms with van der Waals surface area (Å²) in [5, 5.41) is 28.6. The molecule has 0 spiro atoms. The van der Waals surface area contributed by atoms with Gasteiger partial charge < -0.3 is 24.8 Å². The Kier molecular flexibility index (Phi) is 5.95. The number of hydrogen-bond acceptors (Lipinski definition) is 5. The summed E-state index contributed by atoms with van der Waals surface area (Å²) in [6.07, 6.45) is 1.69. The number of aliphatic hydroxyl groups excluding tert-OH is 3. The van der Waals surface area contributed by atoms with E-state index >= 15 is 0 Å². The Balaban J connectivity index is 2.66.